The second-order valence-corrected chi connectivity index (χ2v) is 4.07. The molecule has 0 bridgehead atoms. The molecule has 0 aromatic heterocycles. The Morgan fingerprint density at radius 3 is 2.54 bits per heavy atom. The summed E-state index contributed by atoms with van der Waals surface area (Å²) in [5.41, 5.74) is 1.27. The zero-order chi connectivity index (χ0) is 9.68. The van der Waals surface area contributed by atoms with Crippen LogP contribution in [0.2, 0.25) is 0 Å². The Labute approximate surface area is 79.5 Å². The first-order valence-corrected chi connectivity index (χ1v) is 5.53. The van der Waals surface area contributed by atoms with Crippen molar-refractivity contribution in [1.82, 2.24) is 0 Å². The van der Waals surface area contributed by atoms with Crippen molar-refractivity contribution in [2.24, 2.45) is 5.16 Å². The van der Waals surface area contributed by atoms with Crippen molar-refractivity contribution < 1.29 is 9.42 Å². The van der Waals surface area contributed by atoms with Crippen molar-refractivity contribution in [3.8, 4) is 0 Å². The van der Waals surface area contributed by atoms with Crippen LogP contribution < -0.4 is 0 Å². The highest BCUT2D eigenvalue weighted by atomic mass is 32.2. The first-order chi connectivity index (χ1) is 6.24. The van der Waals surface area contributed by atoms with Crippen LogP contribution in [0.25, 0.3) is 0 Å². The molecule has 0 radical (unpaired) electrons. The van der Waals surface area contributed by atoms with Crippen LogP contribution >= 0.6 is 0 Å². The van der Waals surface area contributed by atoms with Crippen molar-refractivity contribution in [1.29, 1.82) is 0 Å². The molecule has 0 spiro atoms. The maximum atomic E-state index is 10.9. The Hall–Kier alpha value is -1.16. The summed E-state index contributed by atoms with van der Waals surface area (Å²) < 4.78 is 10.9. The molecule has 13 heavy (non-hydrogen) atoms. The van der Waals surface area contributed by atoms with Gasteiger partial charge in [0, 0.05) is 22.6 Å². The largest absolute Gasteiger partial charge is 0.411 e. The van der Waals surface area contributed by atoms with E-state index >= 15 is 0 Å². The second kappa shape index (κ2) is 4.77. The summed E-state index contributed by atoms with van der Waals surface area (Å²) in [4.78, 5) is 0. The summed E-state index contributed by atoms with van der Waals surface area (Å²) in [6.45, 7) is 0. The van der Waals surface area contributed by atoms with E-state index < -0.39 is 10.8 Å². The van der Waals surface area contributed by atoms with Crippen LogP contribution in [0, 0.1) is 0 Å². The van der Waals surface area contributed by atoms with Crippen molar-refractivity contribution >= 4 is 16.5 Å². The lowest BCUT2D eigenvalue weighted by atomic mass is 10.1. The minimum Gasteiger partial charge on any atom is -0.411 e. The van der Waals surface area contributed by atoms with E-state index in [1.165, 1.54) is 0 Å². The predicted molar refractivity (Wildman–Crippen MR) is 53.7 cm³/mol. The summed E-state index contributed by atoms with van der Waals surface area (Å²) in [6.07, 6.45) is 1.58. The van der Waals surface area contributed by atoms with E-state index in [1.807, 2.05) is 30.3 Å². The first kappa shape index (κ1) is 9.92. The Bertz CT molecular complexity index is 322. The normalized spacial score (nSPS) is 14.1. The third-order valence-corrected chi connectivity index (χ3v) is 2.25. The van der Waals surface area contributed by atoms with Crippen molar-refractivity contribution in [2.75, 3.05) is 12.0 Å². The Kier molecular flexibility index (Phi) is 3.64. The number of nitrogens with zero attached hydrogens (tertiary/aromatic N) is 1. The lowest BCUT2D eigenvalue weighted by Gasteiger charge is -2.01. The Morgan fingerprint density at radius 1 is 1.46 bits per heavy atom. The molecule has 0 fully saturated rings. The van der Waals surface area contributed by atoms with Gasteiger partial charge in [0.05, 0.1) is 11.5 Å². The van der Waals surface area contributed by atoms with E-state index in [0.717, 1.165) is 5.56 Å². The maximum Gasteiger partial charge on any atom is 0.0992 e. The van der Waals surface area contributed by atoms with Crippen LogP contribution in [-0.4, -0.2) is 27.1 Å². The van der Waals surface area contributed by atoms with Gasteiger partial charge in [-0.3, -0.25) is 4.21 Å². The molecule has 0 saturated carbocycles. The molecule has 1 aromatic rings. The van der Waals surface area contributed by atoms with E-state index in [4.69, 9.17) is 5.21 Å². The quantitative estimate of drug-likeness (QED) is 0.450. The minimum atomic E-state index is -0.987. The molecule has 70 valence electrons. The summed E-state index contributed by atoms with van der Waals surface area (Å²) in [5.74, 6) is 0.278. The summed E-state index contributed by atoms with van der Waals surface area (Å²) >= 11 is 0. The fraction of sp³-hybridized carbons (Fsp3) is 0.222. The molecule has 4 heteroatoms. The highest BCUT2D eigenvalue weighted by molar-refractivity contribution is 7.85. The highest BCUT2D eigenvalue weighted by Crippen LogP contribution is 2.01. The molecule has 0 heterocycles. The standard InChI is InChI=1S/C9H11NO2S/c1-13(12)7-9(10-11)8-5-3-2-4-6-8/h2-6,11H,7H2,1H3. The van der Waals surface area contributed by atoms with Crippen LogP contribution in [0.5, 0.6) is 0 Å². The molecule has 0 saturated heterocycles. The molecule has 1 aromatic carbocycles. The predicted octanol–water partition coefficient (Wildman–Crippen LogP) is 1.24. The molecule has 0 aliphatic heterocycles. The molecule has 0 aliphatic carbocycles. The van der Waals surface area contributed by atoms with Gasteiger partial charge in [-0.05, 0) is 0 Å². The van der Waals surface area contributed by atoms with Gasteiger partial charge < -0.3 is 5.21 Å². The first-order valence-electron chi connectivity index (χ1n) is 3.80. The van der Waals surface area contributed by atoms with Gasteiger partial charge in [-0.25, -0.2) is 0 Å². The zero-order valence-corrected chi connectivity index (χ0v) is 8.12. The molecule has 1 unspecified atom stereocenters. The number of oxime groups is 1. The smallest absolute Gasteiger partial charge is 0.0992 e. The molecule has 1 rings (SSSR count). The fourth-order valence-corrected chi connectivity index (χ4v) is 1.60. The number of rotatable bonds is 3. The van der Waals surface area contributed by atoms with Gasteiger partial charge in [-0.15, -0.1) is 0 Å². The van der Waals surface area contributed by atoms with Crippen molar-refractivity contribution in [2.45, 2.75) is 0 Å². The van der Waals surface area contributed by atoms with E-state index in [9.17, 15) is 4.21 Å². The number of benzene rings is 1. The number of hydrogen-bond donors (Lipinski definition) is 1. The fourth-order valence-electron chi connectivity index (χ4n) is 0.993. The average molecular weight is 197 g/mol. The highest BCUT2D eigenvalue weighted by Gasteiger charge is 2.04. The molecular formula is C9H11NO2S. The van der Waals surface area contributed by atoms with Gasteiger partial charge >= 0.3 is 0 Å². The SMILES string of the molecule is CS(=O)CC(=NO)c1ccccc1. The summed E-state index contributed by atoms with van der Waals surface area (Å²) in [5, 5.41) is 11.8. The van der Waals surface area contributed by atoms with Gasteiger partial charge in [-0.2, -0.15) is 0 Å². The topological polar surface area (TPSA) is 49.7 Å². The van der Waals surface area contributed by atoms with Gasteiger partial charge in [0.15, 0.2) is 0 Å². The molecule has 0 amide bonds. The van der Waals surface area contributed by atoms with Crippen LogP contribution in [0.15, 0.2) is 35.5 Å². The van der Waals surface area contributed by atoms with E-state index in [2.05, 4.69) is 5.16 Å². The molecule has 1 N–H and O–H groups in total. The van der Waals surface area contributed by atoms with Crippen LogP contribution in [-0.2, 0) is 10.8 Å². The van der Waals surface area contributed by atoms with Crippen molar-refractivity contribution in [3.05, 3.63) is 35.9 Å². The third kappa shape index (κ3) is 2.99. The molecule has 3 nitrogen and oxygen atoms in total. The minimum absolute atomic E-state index is 0.278. The van der Waals surface area contributed by atoms with Gasteiger partial charge in [0.1, 0.15) is 0 Å². The molecular weight excluding hydrogens is 186 g/mol. The maximum absolute atomic E-state index is 10.9. The summed E-state index contributed by atoms with van der Waals surface area (Å²) in [6, 6.07) is 9.21. The van der Waals surface area contributed by atoms with E-state index in [0.29, 0.717) is 5.71 Å². The lowest BCUT2D eigenvalue weighted by Crippen LogP contribution is -2.10. The monoisotopic (exact) mass is 197 g/mol. The molecule has 0 aliphatic rings. The van der Waals surface area contributed by atoms with Gasteiger partial charge in [0.2, 0.25) is 0 Å². The molecule has 1 atom stereocenters. The Balaban J connectivity index is 2.86. The van der Waals surface area contributed by atoms with Gasteiger partial charge in [-0.1, -0.05) is 35.5 Å². The van der Waals surface area contributed by atoms with Crippen LogP contribution in [0.3, 0.4) is 0 Å². The third-order valence-electron chi connectivity index (χ3n) is 1.57. The van der Waals surface area contributed by atoms with Crippen LogP contribution in [0.1, 0.15) is 5.56 Å². The van der Waals surface area contributed by atoms with Gasteiger partial charge in [0.25, 0.3) is 0 Å². The lowest BCUT2D eigenvalue weighted by molar-refractivity contribution is 0.319. The van der Waals surface area contributed by atoms with Crippen molar-refractivity contribution in [3.63, 3.8) is 0 Å². The van der Waals surface area contributed by atoms with E-state index in [-0.39, 0.29) is 5.75 Å². The zero-order valence-electron chi connectivity index (χ0n) is 7.30. The van der Waals surface area contributed by atoms with Crippen LogP contribution in [0.4, 0.5) is 0 Å². The summed E-state index contributed by atoms with van der Waals surface area (Å²) in [7, 11) is -0.987. The Morgan fingerprint density at radius 2 is 2.08 bits per heavy atom. The second-order valence-electron chi connectivity index (χ2n) is 2.63. The average Bonchev–Trinajstić information content (AvgIpc) is 2.15. The van der Waals surface area contributed by atoms with E-state index in [1.54, 1.807) is 6.26 Å². The number of hydrogen-bond acceptors (Lipinski definition) is 3.